The minimum absolute atomic E-state index is 0.134. The van der Waals surface area contributed by atoms with Gasteiger partial charge in [-0.05, 0) is 36.2 Å². The van der Waals surface area contributed by atoms with Gasteiger partial charge in [0, 0.05) is 12.4 Å². The molecule has 1 unspecified atom stereocenters. The maximum absolute atomic E-state index is 12.3. The van der Waals surface area contributed by atoms with Gasteiger partial charge in [-0.25, -0.2) is 9.59 Å². The van der Waals surface area contributed by atoms with E-state index >= 15 is 0 Å². The van der Waals surface area contributed by atoms with Crippen molar-refractivity contribution in [3.05, 3.63) is 66.5 Å². The molecule has 0 fully saturated rings. The third-order valence-corrected chi connectivity index (χ3v) is 3.79. The maximum Gasteiger partial charge on any atom is 0.347 e. The summed E-state index contributed by atoms with van der Waals surface area (Å²) in [6.45, 7) is 3.67. The van der Waals surface area contributed by atoms with Gasteiger partial charge in [0.25, 0.3) is 0 Å². The van der Waals surface area contributed by atoms with E-state index in [0.29, 0.717) is 12.2 Å². The zero-order chi connectivity index (χ0) is 21.2. The Morgan fingerprint density at radius 1 is 1.17 bits per heavy atom. The van der Waals surface area contributed by atoms with Crippen molar-refractivity contribution in [2.45, 2.75) is 18.9 Å². The van der Waals surface area contributed by atoms with E-state index < -0.39 is 30.4 Å². The summed E-state index contributed by atoms with van der Waals surface area (Å²) in [4.78, 5) is 40.3. The molecule has 0 saturated carbocycles. The van der Waals surface area contributed by atoms with Crippen LogP contribution in [0.25, 0.3) is 0 Å². The molecule has 0 N–H and O–H groups in total. The number of allylic oxidation sites excluding steroid dienone is 1. The first-order valence-corrected chi connectivity index (χ1v) is 8.65. The first-order valence-electron chi connectivity index (χ1n) is 8.65. The summed E-state index contributed by atoms with van der Waals surface area (Å²) in [7, 11) is 2.57. The average molecular weight is 399 g/mol. The van der Waals surface area contributed by atoms with E-state index in [1.807, 2.05) is 0 Å². The highest BCUT2D eigenvalue weighted by atomic mass is 16.6. The van der Waals surface area contributed by atoms with Crippen LogP contribution in [-0.2, 0) is 25.5 Å². The number of esters is 3. The maximum atomic E-state index is 12.3. The van der Waals surface area contributed by atoms with Gasteiger partial charge in [-0.1, -0.05) is 12.1 Å². The highest BCUT2D eigenvalue weighted by Gasteiger charge is 2.29. The van der Waals surface area contributed by atoms with Crippen LogP contribution in [0.2, 0.25) is 0 Å². The van der Waals surface area contributed by atoms with Crippen LogP contribution in [0.15, 0.2) is 55.4 Å². The molecule has 2 rings (SSSR count). The summed E-state index contributed by atoms with van der Waals surface area (Å²) in [5.74, 6) is -1.97. The summed E-state index contributed by atoms with van der Waals surface area (Å²) in [5.41, 5.74) is 1.06. The quantitative estimate of drug-likeness (QED) is 0.360. The van der Waals surface area contributed by atoms with Crippen LogP contribution < -0.4 is 9.47 Å². The molecule has 2 aromatic rings. The predicted octanol–water partition coefficient (Wildman–Crippen LogP) is 2.51. The van der Waals surface area contributed by atoms with E-state index in [1.54, 1.807) is 30.3 Å². The number of hydrogen-bond donors (Lipinski definition) is 0. The highest BCUT2D eigenvalue weighted by molar-refractivity contribution is 5.92. The topological polar surface area (TPSA) is 101 Å². The second-order valence-corrected chi connectivity index (χ2v) is 5.82. The Morgan fingerprint density at radius 3 is 2.59 bits per heavy atom. The summed E-state index contributed by atoms with van der Waals surface area (Å²) in [6.07, 6.45) is 3.13. The smallest absolute Gasteiger partial charge is 0.347 e. The summed E-state index contributed by atoms with van der Waals surface area (Å²) >= 11 is 0. The monoisotopic (exact) mass is 399 g/mol. The van der Waals surface area contributed by atoms with Gasteiger partial charge in [0.05, 0.1) is 26.2 Å². The molecule has 0 bridgehead atoms. The van der Waals surface area contributed by atoms with E-state index in [2.05, 4.69) is 16.3 Å². The van der Waals surface area contributed by atoms with Crippen molar-refractivity contribution in [2.24, 2.45) is 0 Å². The fraction of sp³-hybridized carbons (Fsp3) is 0.238. The van der Waals surface area contributed by atoms with Crippen molar-refractivity contribution in [1.82, 2.24) is 4.98 Å². The summed E-state index contributed by atoms with van der Waals surface area (Å²) in [6, 6.07) is 8.06. The number of rotatable bonds is 9. The third-order valence-electron chi connectivity index (χ3n) is 3.79. The van der Waals surface area contributed by atoms with Crippen molar-refractivity contribution in [2.75, 3.05) is 14.2 Å². The summed E-state index contributed by atoms with van der Waals surface area (Å²) < 4.78 is 20.2. The van der Waals surface area contributed by atoms with E-state index in [-0.39, 0.29) is 11.3 Å². The molecule has 1 aromatic heterocycles. The molecule has 0 spiro atoms. The fourth-order valence-corrected chi connectivity index (χ4v) is 2.39. The van der Waals surface area contributed by atoms with Crippen molar-refractivity contribution in [1.29, 1.82) is 0 Å². The molecule has 8 heteroatoms. The number of aromatic nitrogens is 1. The van der Waals surface area contributed by atoms with Gasteiger partial charge in [-0.3, -0.25) is 9.78 Å². The van der Waals surface area contributed by atoms with Crippen LogP contribution in [0.4, 0.5) is 0 Å². The zero-order valence-corrected chi connectivity index (χ0v) is 16.1. The molecule has 0 aliphatic carbocycles. The number of nitrogens with zero attached hydrogens (tertiary/aromatic N) is 1. The standard InChI is InChI=1S/C21H21NO7/c1-4-6-14-8-9-16(17(11-14)26-2)28-19(23)12-18(21(25)27-3)29-20(24)15-7-5-10-22-13-15/h4-5,7-11,13,18H,1,6,12H2,2-3H3. The van der Waals surface area contributed by atoms with Crippen molar-refractivity contribution in [3.8, 4) is 11.5 Å². The number of ether oxygens (including phenoxy) is 4. The molecule has 1 aromatic carbocycles. The minimum Gasteiger partial charge on any atom is -0.493 e. The van der Waals surface area contributed by atoms with Gasteiger partial charge in [-0.15, -0.1) is 6.58 Å². The number of carbonyl (C=O) groups excluding carboxylic acids is 3. The fourth-order valence-electron chi connectivity index (χ4n) is 2.39. The Kier molecular flexibility index (Phi) is 7.90. The Labute approximate surface area is 168 Å². The Bertz CT molecular complexity index is 880. The second kappa shape index (κ2) is 10.6. The van der Waals surface area contributed by atoms with Gasteiger partial charge in [-0.2, -0.15) is 0 Å². The molecular formula is C21H21NO7. The van der Waals surface area contributed by atoms with Gasteiger partial charge in [0.15, 0.2) is 11.5 Å². The first kappa shape index (κ1) is 21.6. The summed E-state index contributed by atoms with van der Waals surface area (Å²) in [5, 5.41) is 0. The van der Waals surface area contributed by atoms with Crippen molar-refractivity contribution in [3.63, 3.8) is 0 Å². The van der Waals surface area contributed by atoms with Crippen LogP contribution in [0.5, 0.6) is 11.5 Å². The number of methoxy groups -OCH3 is 2. The molecule has 0 aliphatic heterocycles. The lowest BCUT2D eigenvalue weighted by atomic mass is 10.1. The zero-order valence-electron chi connectivity index (χ0n) is 16.1. The first-order chi connectivity index (χ1) is 14.0. The van der Waals surface area contributed by atoms with Crippen LogP contribution in [-0.4, -0.2) is 43.2 Å². The third kappa shape index (κ3) is 6.17. The van der Waals surface area contributed by atoms with Crippen molar-refractivity contribution >= 4 is 17.9 Å². The molecule has 152 valence electrons. The Hall–Kier alpha value is -3.68. The van der Waals surface area contributed by atoms with E-state index in [1.165, 1.54) is 25.6 Å². The Balaban J connectivity index is 2.09. The lowest BCUT2D eigenvalue weighted by Gasteiger charge is -2.16. The van der Waals surface area contributed by atoms with E-state index in [0.717, 1.165) is 12.7 Å². The van der Waals surface area contributed by atoms with Crippen LogP contribution >= 0.6 is 0 Å². The number of hydrogen-bond acceptors (Lipinski definition) is 8. The molecule has 0 saturated heterocycles. The second-order valence-electron chi connectivity index (χ2n) is 5.82. The largest absolute Gasteiger partial charge is 0.493 e. The van der Waals surface area contributed by atoms with E-state index in [4.69, 9.17) is 14.2 Å². The molecule has 1 atom stereocenters. The molecule has 1 heterocycles. The van der Waals surface area contributed by atoms with E-state index in [9.17, 15) is 14.4 Å². The molecule has 0 amide bonds. The lowest BCUT2D eigenvalue weighted by molar-refractivity contribution is -0.155. The van der Waals surface area contributed by atoms with Gasteiger partial charge < -0.3 is 18.9 Å². The van der Waals surface area contributed by atoms with Gasteiger partial charge in [0.2, 0.25) is 6.10 Å². The molecule has 0 aliphatic rings. The number of carbonyl (C=O) groups is 3. The lowest BCUT2D eigenvalue weighted by Crippen LogP contribution is -2.32. The minimum atomic E-state index is -1.47. The molecule has 8 nitrogen and oxygen atoms in total. The Morgan fingerprint density at radius 2 is 1.97 bits per heavy atom. The van der Waals surface area contributed by atoms with Crippen LogP contribution in [0, 0.1) is 0 Å². The van der Waals surface area contributed by atoms with Crippen molar-refractivity contribution < 1.29 is 33.3 Å². The normalized spacial score (nSPS) is 11.1. The van der Waals surface area contributed by atoms with Crippen LogP contribution in [0.3, 0.4) is 0 Å². The SMILES string of the molecule is C=CCc1ccc(OC(=O)CC(OC(=O)c2cccnc2)C(=O)OC)c(OC)c1. The number of benzene rings is 1. The predicted molar refractivity (Wildman–Crippen MR) is 103 cm³/mol. The van der Waals surface area contributed by atoms with Crippen LogP contribution in [0.1, 0.15) is 22.3 Å². The molecule has 29 heavy (non-hydrogen) atoms. The number of pyridine rings is 1. The highest BCUT2D eigenvalue weighted by Crippen LogP contribution is 2.29. The molecular weight excluding hydrogens is 378 g/mol. The molecule has 0 radical (unpaired) electrons. The average Bonchev–Trinajstić information content (AvgIpc) is 2.74. The van der Waals surface area contributed by atoms with Gasteiger partial charge in [0.1, 0.15) is 0 Å². The van der Waals surface area contributed by atoms with Gasteiger partial charge >= 0.3 is 17.9 Å².